The molecule has 7 nitrogen and oxygen atoms in total. The Morgan fingerprint density at radius 1 is 1.38 bits per heavy atom. The molecule has 0 saturated heterocycles. The Kier molecular flexibility index (Phi) is 5.10. The van der Waals surface area contributed by atoms with Gasteiger partial charge in [0.25, 0.3) is 0 Å². The first-order valence-corrected chi connectivity index (χ1v) is 8.21. The lowest BCUT2D eigenvalue weighted by Crippen LogP contribution is -2.42. The molecule has 7 heteroatoms. The van der Waals surface area contributed by atoms with Crippen molar-refractivity contribution in [2.45, 2.75) is 45.4 Å². The molecule has 0 unspecified atom stereocenters. The van der Waals surface area contributed by atoms with Crippen molar-refractivity contribution >= 4 is 6.03 Å². The summed E-state index contributed by atoms with van der Waals surface area (Å²) in [6.45, 7) is 4.54. The van der Waals surface area contributed by atoms with Crippen molar-refractivity contribution in [1.82, 2.24) is 20.8 Å². The van der Waals surface area contributed by atoms with Crippen LogP contribution in [-0.2, 0) is 24.1 Å². The Balaban J connectivity index is 1.45. The van der Waals surface area contributed by atoms with Crippen LogP contribution in [0.3, 0.4) is 0 Å². The van der Waals surface area contributed by atoms with Gasteiger partial charge in [-0.3, -0.25) is 0 Å². The van der Waals surface area contributed by atoms with E-state index in [1.807, 2.05) is 26.0 Å². The molecule has 2 aromatic rings. The predicted octanol–water partition coefficient (Wildman–Crippen LogP) is 2.13. The monoisotopic (exact) mass is 330 g/mol. The fourth-order valence-corrected chi connectivity index (χ4v) is 2.88. The maximum atomic E-state index is 12.0. The topological polar surface area (TPSA) is 89.3 Å². The zero-order valence-corrected chi connectivity index (χ0v) is 13.9. The van der Waals surface area contributed by atoms with Crippen LogP contribution in [0, 0.1) is 0 Å². The summed E-state index contributed by atoms with van der Waals surface area (Å²) in [5.41, 5.74) is 2.60. The number of nitrogens with zero attached hydrogens (tertiary/aromatic N) is 2. The van der Waals surface area contributed by atoms with E-state index in [0.29, 0.717) is 18.3 Å². The van der Waals surface area contributed by atoms with Gasteiger partial charge in [-0.05, 0) is 37.8 Å². The second kappa shape index (κ2) is 7.44. The van der Waals surface area contributed by atoms with Gasteiger partial charge in [0, 0.05) is 12.6 Å². The molecule has 24 heavy (non-hydrogen) atoms. The third-order valence-electron chi connectivity index (χ3n) is 4.05. The first-order chi connectivity index (χ1) is 11.7. The normalized spacial score (nSPS) is 15.1. The Morgan fingerprint density at radius 3 is 2.75 bits per heavy atom. The average molecular weight is 330 g/mol. The quantitative estimate of drug-likeness (QED) is 0.847. The predicted molar refractivity (Wildman–Crippen MR) is 87.3 cm³/mol. The van der Waals surface area contributed by atoms with E-state index in [9.17, 15) is 4.79 Å². The van der Waals surface area contributed by atoms with E-state index in [0.717, 1.165) is 12.8 Å². The summed E-state index contributed by atoms with van der Waals surface area (Å²) >= 11 is 0. The number of carbonyl (C=O) groups excluding carboxylic acids is 1. The van der Waals surface area contributed by atoms with Gasteiger partial charge in [-0.25, -0.2) is 4.79 Å². The molecule has 1 heterocycles. The SMILES string of the molecule is CCO[C@@H](C)c1noc(CNC(=O)NC2Cc3ccccc3C2)n1. The van der Waals surface area contributed by atoms with Crippen molar-refractivity contribution in [1.29, 1.82) is 0 Å². The highest BCUT2D eigenvalue weighted by Crippen LogP contribution is 2.21. The van der Waals surface area contributed by atoms with Gasteiger partial charge in [0.1, 0.15) is 6.10 Å². The number of aromatic nitrogens is 2. The minimum atomic E-state index is -0.231. The number of hydrogen-bond acceptors (Lipinski definition) is 5. The van der Waals surface area contributed by atoms with E-state index in [1.165, 1.54) is 11.1 Å². The number of benzene rings is 1. The van der Waals surface area contributed by atoms with Crippen molar-refractivity contribution in [3.8, 4) is 0 Å². The largest absolute Gasteiger partial charge is 0.371 e. The molecule has 0 aliphatic heterocycles. The lowest BCUT2D eigenvalue weighted by Gasteiger charge is -2.12. The molecule has 1 aliphatic rings. The molecule has 1 aliphatic carbocycles. The fourth-order valence-electron chi connectivity index (χ4n) is 2.88. The minimum absolute atomic E-state index is 0.124. The number of rotatable bonds is 6. The van der Waals surface area contributed by atoms with E-state index < -0.39 is 0 Å². The second-order valence-electron chi connectivity index (χ2n) is 5.84. The van der Waals surface area contributed by atoms with Crippen LogP contribution < -0.4 is 10.6 Å². The molecule has 0 spiro atoms. The van der Waals surface area contributed by atoms with Crippen molar-refractivity contribution in [3.63, 3.8) is 0 Å². The highest BCUT2D eigenvalue weighted by Gasteiger charge is 2.22. The Morgan fingerprint density at radius 2 is 2.08 bits per heavy atom. The first-order valence-electron chi connectivity index (χ1n) is 8.21. The molecule has 2 amide bonds. The molecule has 0 saturated carbocycles. The van der Waals surface area contributed by atoms with Crippen LogP contribution in [0.15, 0.2) is 28.8 Å². The fraction of sp³-hybridized carbons (Fsp3) is 0.471. The van der Waals surface area contributed by atoms with E-state index in [1.54, 1.807) is 0 Å². The minimum Gasteiger partial charge on any atom is -0.371 e. The van der Waals surface area contributed by atoms with Crippen LogP contribution in [0.4, 0.5) is 4.79 Å². The van der Waals surface area contributed by atoms with Gasteiger partial charge in [-0.15, -0.1) is 0 Å². The van der Waals surface area contributed by atoms with Crippen LogP contribution in [0.2, 0.25) is 0 Å². The van der Waals surface area contributed by atoms with Gasteiger partial charge >= 0.3 is 6.03 Å². The highest BCUT2D eigenvalue weighted by molar-refractivity contribution is 5.74. The number of carbonyl (C=O) groups is 1. The molecule has 1 aromatic heterocycles. The Hall–Kier alpha value is -2.41. The van der Waals surface area contributed by atoms with Crippen LogP contribution in [0.5, 0.6) is 0 Å². The molecule has 3 rings (SSSR count). The van der Waals surface area contributed by atoms with Crippen LogP contribution in [-0.4, -0.2) is 28.8 Å². The van der Waals surface area contributed by atoms with E-state index in [-0.39, 0.29) is 24.7 Å². The summed E-state index contributed by atoms with van der Waals surface area (Å²) < 4.78 is 10.5. The van der Waals surface area contributed by atoms with Crippen molar-refractivity contribution in [3.05, 3.63) is 47.1 Å². The van der Waals surface area contributed by atoms with E-state index >= 15 is 0 Å². The van der Waals surface area contributed by atoms with E-state index in [4.69, 9.17) is 9.26 Å². The summed E-state index contributed by atoms with van der Waals surface area (Å²) in [4.78, 5) is 16.2. The molecule has 0 fully saturated rings. The molecule has 2 N–H and O–H groups in total. The Bertz CT molecular complexity index is 676. The summed E-state index contributed by atoms with van der Waals surface area (Å²) in [7, 11) is 0. The molecule has 0 bridgehead atoms. The van der Waals surface area contributed by atoms with Gasteiger partial charge < -0.3 is 19.9 Å². The number of fused-ring (bicyclic) bond motifs is 1. The van der Waals surface area contributed by atoms with Crippen molar-refractivity contribution in [2.75, 3.05) is 6.61 Å². The summed E-state index contributed by atoms with van der Waals surface area (Å²) in [5.74, 6) is 0.849. The number of nitrogens with one attached hydrogen (secondary N) is 2. The van der Waals surface area contributed by atoms with Gasteiger partial charge in [-0.2, -0.15) is 4.98 Å². The van der Waals surface area contributed by atoms with Gasteiger partial charge in [0.15, 0.2) is 5.82 Å². The van der Waals surface area contributed by atoms with Gasteiger partial charge in [0.05, 0.1) is 6.54 Å². The molecule has 1 atom stereocenters. The third-order valence-corrected chi connectivity index (χ3v) is 4.05. The van der Waals surface area contributed by atoms with E-state index in [2.05, 4.69) is 32.9 Å². The lowest BCUT2D eigenvalue weighted by atomic mass is 10.1. The molecule has 1 aromatic carbocycles. The zero-order valence-electron chi connectivity index (χ0n) is 13.9. The number of hydrogen-bond donors (Lipinski definition) is 2. The van der Waals surface area contributed by atoms with Crippen molar-refractivity contribution < 1.29 is 14.1 Å². The van der Waals surface area contributed by atoms with Crippen molar-refractivity contribution in [2.24, 2.45) is 0 Å². The molecular formula is C17H22N4O3. The first kappa shape index (κ1) is 16.4. The maximum Gasteiger partial charge on any atom is 0.315 e. The van der Waals surface area contributed by atoms with Gasteiger partial charge in [0.2, 0.25) is 5.89 Å². The average Bonchev–Trinajstić information content (AvgIpc) is 3.19. The number of ether oxygens (including phenoxy) is 1. The van der Waals surface area contributed by atoms with Crippen LogP contribution in [0.1, 0.15) is 42.8 Å². The smallest absolute Gasteiger partial charge is 0.315 e. The maximum absolute atomic E-state index is 12.0. The standard InChI is InChI=1S/C17H22N4O3/c1-3-23-11(2)16-20-15(24-21-16)10-18-17(22)19-14-8-12-6-4-5-7-13(12)9-14/h4-7,11,14H,3,8-10H2,1-2H3,(H2,18,19,22)/t11-/m0/s1. The molecule has 0 radical (unpaired) electrons. The lowest BCUT2D eigenvalue weighted by molar-refractivity contribution is 0.0683. The number of urea groups is 1. The highest BCUT2D eigenvalue weighted by atomic mass is 16.5. The molecular weight excluding hydrogens is 308 g/mol. The summed E-state index contributed by atoms with van der Waals surface area (Å²) in [6, 6.07) is 8.15. The third kappa shape index (κ3) is 3.91. The second-order valence-corrected chi connectivity index (χ2v) is 5.84. The van der Waals surface area contributed by atoms with Crippen LogP contribution in [0.25, 0.3) is 0 Å². The zero-order chi connectivity index (χ0) is 16.9. The van der Waals surface area contributed by atoms with Crippen LogP contribution >= 0.6 is 0 Å². The van der Waals surface area contributed by atoms with Gasteiger partial charge in [-0.1, -0.05) is 29.4 Å². The Labute approximate surface area is 140 Å². The summed E-state index contributed by atoms with van der Waals surface area (Å²) in [5, 5.41) is 9.59. The summed E-state index contributed by atoms with van der Waals surface area (Å²) in [6.07, 6.45) is 1.50. The molecule has 128 valence electrons. The number of amides is 2.